The van der Waals surface area contributed by atoms with Crippen molar-refractivity contribution in [1.82, 2.24) is 9.80 Å². The lowest BCUT2D eigenvalue weighted by Crippen LogP contribution is -2.53. The minimum Gasteiger partial charge on any atom is -0.371 e. The topological polar surface area (TPSA) is 9.72 Å². The summed E-state index contributed by atoms with van der Waals surface area (Å²) >= 11 is 6.28. The van der Waals surface area contributed by atoms with Crippen molar-refractivity contribution in [2.75, 3.05) is 44.2 Å². The molecule has 4 heteroatoms. The Kier molecular flexibility index (Phi) is 5.19. The smallest absolute Gasteiger partial charge is 0.0412 e. The summed E-state index contributed by atoms with van der Waals surface area (Å²) in [6.07, 6.45) is 2.62. The van der Waals surface area contributed by atoms with Crippen molar-refractivity contribution in [2.45, 2.75) is 45.7 Å². The monoisotopic (exact) mass is 335 g/mol. The summed E-state index contributed by atoms with van der Waals surface area (Å²) in [7, 11) is 0. The van der Waals surface area contributed by atoms with E-state index < -0.39 is 0 Å². The predicted molar refractivity (Wildman–Crippen MR) is 99.5 cm³/mol. The summed E-state index contributed by atoms with van der Waals surface area (Å²) in [4.78, 5) is 7.69. The molecule has 2 fully saturated rings. The second-order valence-electron chi connectivity index (χ2n) is 7.90. The Bertz CT molecular complexity index is 524. The Labute approximate surface area is 146 Å². The maximum Gasteiger partial charge on any atom is 0.0412 e. The highest BCUT2D eigenvalue weighted by Crippen LogP contribution is 2.29. The zero-order valence-electron chi connectivity index (χ0n) is 14.8. The molecule has 0 aromatic heterocycles. The van der Waals surface area contributed by atoms with Crippen LogP contribution in [0.5, 0.6) is 0 Å². The van der Waals surface area contributed by atoms with Crippen molar-refractivity contribution in [3.63, 3.8) is 0 Å². The molecule has 0 unspecified atom stereocenters. The number of hydrogen-bond donors (Lipinski definition) is 0. The molecule has 0 spiro atoms. The highest BCUT2D eigenvalue weighted by Gasteiger charge is 2.26. The molecule has 0 radical (unpaired) electrons. The van der Waals surface area contributed by atoms with E-state index in [1.54, 1.807) is 0 Å². The van der Waals surface area contributed by atoms with E-state index in [1.807, 2.05) is 6.07 Å². The summed E-state index contributed by atoms with van der Waals surface area (Å²) in [5, 5.41) is 0.858. The summed E-state index contributed by atoms with van der Waals surface area (Å²) in [6, 6.07) is 6.43. The SMILES string of the molecule is CC(C)(C)N1CCN(Cc2cc(Cl)ccc2N2CCCC2)CC1. The van der Waals surface area contributed by atoms with Gasteiger partial charge in [0.05, 0.1) is 0 Å². The van der Waals surface area contributed by atoms with Crippen molar-refractivity contribution >= 4 is 17.3 Å². The zero-order valence-corrected chi connectivity index (χ0v) is 15.6. The van der Waals surface area contributed by atoms with Gasteiger partial charge in [0, 0.05) is 62.1 Å². The van der Waals surface area contributed by atoms with Crippen LogP contribution in [-0.2, 0) is 6.54 Å². The van der Waals surface area contributed by atoms with Crippen LogP contribution in [0.15, 0.2) is 18.2 Å². The van der Waals surface area contributed by atoms with E-state index in [0.29, 0.717) is 0 Å². The van der Waals surface area contributed by atoms with Gasteiger partial charge in [0.25, 0.3) is 0 Å². The fourth-order valence-electron chi connectivity index (χ4n) is 3.76. The third kappa shape index (κ3) is 4.20. The van der Waals surface area contributed by atoms with Crippen LogP contribution in [0.25, 0.3) is 0 Å². The van der Waals surface area contributed by atoms with Gasteiger partial charge < -0.3 is 4.90 Å². The predicted octanol–water partition coefficient (Wildman–Crippen LogP) is 3.86. The van der Waals surface area contributed by atoms with Crippen molar-refractivity contribution in [3.05, 3.63) is 28.8 Å². The average Bonchev–Trinajstić information content (AvgIpc) is 3.01. The summed E-state index contributed by atoms with van der Waals surface area (Å²) in [6.45, 7) is 14.9. The molecule has 2 saturated heterocycles. The molecule has 0 bridgehead atoms. The highest BCUT2D eigenvalue weighted by atomic mass is 35.5. The first-order chi connectivity index (χ1) is 10.9. The summed E-state index contributed by atoms with van der Waals surface area (Å²) < 4.78 is 0. The highest BCUT2D eigenvalue weighted by molar-refractivity contribution is 6.30. The molecule has 1 aromatic carbocycles. The van der Waals surface area contributed by atoms with E-state index in [2.05, 4.69) is 47.6 Å². The summed E-state index contributed by atoms with van der Waals surface area (Å²) in [5.74, 6) is 0. The summed E-state index contributed by atoms with van der Waals surface area (Å²) in [5.41, 5.74) is 3.07. The van der Waals surface area contributed by atoms with Gasteiger partial charge >= 0.3 is 0 Å². The van der Waals surface area contributed by atoms with Crippen LogP contribution < -0.4 is 4.90 Å². The third-order valence-corrected chi connectivity index (χ3v) is 5.44. The van der Waals surface area contributed by atoms with Gasteiger partial charge in [0.1, 0.15) is 0 Å². The molecule has 2 heterocycles. The molecule has 0 saturated carbocycles. The maximum absolute atomic E-state index is 6.28. The lowest BCUT2D eigenvalue weighted by atomic mass is 10.0. The van der Waals surface area contributed by atoms with Gasteiger partial charge in [0.2, 0.25) is 0 Å². The van der Waals surface area contributed by atoms with E-state index in [4.69, 9.17) is 11.6 Å². The fourth-order valence-corrected chi connectivity index (χ4v) is 3.96. The van der Waals surface area contributed by atoms with E-state index in [9.17, 15) is 0 Å². The van der Waals surface area contributed by atoms with E-state index >= 15 is 0 Å². The van der Waals surface area contributed by atoms with Crippen molar-refractivity contribution in [3.8, 4) is 0 Å². The molecule has 3 nitrogen and oxygen atoms in total. The number of rotatable bonds is 3. The Morgan fingerprint density at radius 1 is 0.957 bits per heavy atom. The minimum atomic E-state index is 0.281. The molecule has 3 rings (SSSR count). The molecule has 0 atom stereocenters. The van der Waals surface area contributed by atoms with Gasteiger partial charge in [-0.25, -0.2) is 0 Å². The quantitative estimate of drug-likeness (QED) is 0.830. The molecular formula is C19H30ClN3. The lowest BCUT2D eigenvalue weighted by molar-refractivity contribution is 0.0591. The fraction of sp³-hybridized carbons (Fsp3) is 0.684. The van der Waals surface area contributed by atoms with Gasteiger partial charge in [-0.2, -0.15) is 0 Å². The zero-order chi connectivity index (χ0) is 16.4. The molecule has 2 aliphatic rings. The van der Waals surface area contributed by atoms with Crippen LogP contribution in [0.3, 0.4) is 0 Å². The largest absolute Gasteiger partial charge is 0.371 e. The number of benzene rings is 1. The van der Waals surface area contributed by atoms with E-state index in [1.165, 1.54) is 37.2 Å². The van der Waals surface area contributed by atoms with Gasteiger partial charge in [-0.1, -0.05) is 11.6 Å². The van der Waals surface area contributed by atoms with E-state index in [0.717, 1.165) is 37.7 Å². The Morgan fingerprint density at radius 3 is 2.22 bits per heavy atom. The molecular weight excluding hydrogens is 306 g/mol. The van der Waals surface area contributed by atoms with Crippen LogP contribution in [0, 0.1) is 0 Å². The normalized spacial score (nSPS) is 21.1. The second kappa shape index (κ2) is 7.00. The number of nitrogens with zero attached hydrogens (tertiary/aromatic N) is 3. The number of piperazine rings is 1. The molecule has 0 amide bonds. The number of halogens is 1. The average molecular weight is 336 g/mol. The van der Waals surface area contributed by atoms with E-state index in [-0.39, 0.29) is 5.54 Å². The van der Waals surface area contributed by atoms with Crippen molar-refractivity contribution in [2.24, 2.45) is 0 Å². The Hall–Kier alpha value is -0.770. The van der Waals surface area contributed by atoms with Crippen LogP contribution >= 0.6 is 11.6 Å². The molecule has 1 aromatic rings. The standard InChI is InChI=1S/C19H30ClN3/c1-19(2,3)23-12-10-21(11-13-23)15-16-14-17(20)6-7-18(16)22-8-4-5-9-22/h6-7,14H,4-5,8-13,15H2,1-3H3. The third-order valence-electron chi connectivity index (χ3n) is 5.20. The Morgan fingerprint density at radius 2 is 1.61 bits per heavy atom. The first-order valence-corrected chi connectivity index (χ1v) is 9.32. The second-order valence-corrected chi connectivity index (χ2v) is 8.34. The molecule has 128 valence electrons. The number of hydrogen-bond acceptors (Lipinski definition) is 3. The van der Waals surface area contributed by atoms with Crippen LogP contribution in [0.2, 0.25) is 5.02 Å². The molecule has 0 N–H and O–H groups in total. The maximum atomic E-state index is 6.28. The first kappa shape index (κ1) is 17.1. The molecule has 2 aliphatic heterocycles. The minimum absolute atomic E-state index is 0.281. The van der Waals surface area contributed by atoms with Crippen molar-refractivity contribution < 1.29 is 0 Å². The van der Waals surface area contributed by atoms with Crippen molar-refractivity contribution in [1.29, 1.82) is 0 Å². The first-order valence-electron chi connectivity index (χ1n) is 8.94. The Balaban J connectivity index is 1.67. The van der Waals surface area contributed by atoms with Crippen LogP contribution in [0.1, 0.15) is 39.2 Å². The van der Waals surface area contributed by atoms with Gasteiger partial charge in [-0.05, 0) is 57.4 Å². The molecule has 0 aliphatic carbocycles. The lowest BCUT2D eigenvalue weighted by Gasteiger charge is -2.42. The van der Waals surface area contributed by atoms with Gasteiger partial charge in [-0.3, -0.25) is 9.80 Å². The van der Waals surface area contributed by atoms with Crippen LogP contribution in [0.4, 0.5) is 5.69 Å². The van der Waals surface area contributed by atoms with Crippen LogP contribution in [-0.4, -0.2) is 54.6 Å². The number of anilines is 1. The molecule has 23 heavy (non-hydrogen) atoms. The van der Waals surface area contributed by atoms with Gasteiger partial charge in [-0.15, -0.1) is 0 Å². The van der Waals surface area contributed by atoms with Gasteiger partial charge in [0.15, 0.2) is 0 Å².